The number of carboxylic acid groups (broad SMARTS) is 1. The Morgan fingerprint density at radius 2 is 1.67 bits per heavy atom. The van der Waals surface area contributed by atoms with Crippen molar-refractivity contribution in [3.05, 3.63) is 60.2 Å². The van der Waals surface area contributed by atoms with E-state index in [0.29, 0.717) is 12.8 Å². The van der Waals surface area contributed by atoms with Crippen molar-refractivity contribution in [1.29, 1.82) is 0 Å². The van der Waals surface area contributed by atoms with Crippen LogP contribution < -0.4 is 10.6 Å². The van der Waals surface area contributed by atoms with E-state index in [1.165, 1.54) is 18.2 Å². The van der Waals surface area contributed by atoms with Crippen LogP contribution in [0, 0.1) is 17.6 Å². The lowest BCUT2D eigenvalue weighted by atomic mass is 9.82. The molecule has 1 saturated carbocycles. The molecule has 2 aliphatic rings. The average molecular weight is 565 g/mol. The number of urea groups is 1. The van der Waals surface area contributed by atoms with Crippen LogP contribution in [-0.2, 0) is 19.6 Å². The van der Waals surface area contributed by atoms with E-state index in [4.69, 9.17) is 0 Å². The number of sulfonamides is 1. The first-order valence-electron chi connectivity index (χ1n) is 12.7. The van der Waals surface area contributed by atoms with Gasteiger partial charge in [0, 0.05) is 24.8 Å². The molecule has 1 saturated heterocycles. The van der Waals surface area contributed by atoms with Gasteiger partial charge in [0.1, 0.15) is 11.6 Å². The molecule has 2 fully saturated rings. The summed E-state index contributed by atoms with van der Waals surface area (Å²) in [6.07, 6.45) is 2.18. The molecule has 39 heavy (non-hydrogen) atoms. The summed E-state index contributed by atoms with van der Waals surface area (Å²) in [6, 6.07) is 7.53. The predicted molar refractivity (Wildman–Crippen MR) is 137 cm³/mol. The number of carbonyl (C=O) groups is 3. The number of hydrogen-bond acceptors (Lipinski definition) is 5. The van der Waals surface area contributed by atoms with Crippen LogP contribution in [0.15, 0.2) is 53.4 Å². The molecule has 0 radical (unpaired) electrons. The molecule has 2 atom stereocenters. The van der Waals surface area contributed by atoms with Crippen LogP contribution in [0.4, 0.5) is 19.3 Å². The fourth-order valence-corrected chi connectivity index (χ4v) is 6.71. The van der Waals surface area contributed by atoms with Crippen LogP contribution in [0.3, 0.4) is 0 Å². The van der Waals surface area contributed by atoms with Crippen molar-refractivity contribution in [2.75, 3.05) is 18.4 Å². The minimum atomic E-state index is -4.37. The molecule has 0 spiro atoms. The molecule has 2 unspecified atom stereocenters. The molecule has 0 bridgehead atoms. The first-order valence-corrected chi connectivity index (χ1v) is 14.1. The van der Waals surface area contributed by atoms with Gasteiger partial charge in [0.25, 0.3) is 5.91 Å². The second-order valence-electron chi connectivity index (χ2n) is 9.69. The number of anilines is 1. The summed E-state index contributed by atoms with van der Waals surface area (Å²) >= 11 is 0. The monoisotopic (exact) mass is 564 g/mol. The number of halogens is 2. The average Bonchev–Trinajstić information content (AvgIpc) is 3.35. The fraction of sp³-hybridized carbons (Fsp3) is 0.423. The number of nitrogens with one attached hydrogen (secondary N) is 2. The second kappa shape index (κ2) is 12.1. The van der Waals surface area contributed by atoms with Crippen molar-refractivity contribution in [2.24, 2.45) is 5.92 Å². The van der Waals surface area contributed by atoms with E-state index in [1.54, 1.807) is 0 Å². The van der Waals surface area contributed by atoms with Gasteiger partial charge < -0.3 is 15.7 Å². The van der Waals surface area contributed by atoms with Crippen molar-refractivity contribution in [3.8, 4) is 0 Å². The van der Waals surface area contributed by atoms with Crippen molar-refractivity contribution in [2.45, 2.75) is 55.6 Å². The van der Waals surface area contributed by atoms with E-state index in [1.807, 2.05) is 0 Å². The van der Waals surface area contributed by atoms with Crippen LogP contribution in [0.1, 0.15) is 38.5 Å². The normalized spacial score (nSPS) is 19.4. The first kappa shape index (κ1) is 28.4. The smallest absolute Gasteiger partial charge is 0.323 e. The molecule has 1 heterocycles. The SMILES string of the molecule is O=C(O)CC(NC(=O)C1N(C(=O)Nc2cccc(F)c2)CCN1S(=O)(=O)c1ccc(F)cc1)C1CCCCC1. The molecule has 210 valence electrons. The van der Waals surface area contributed by atoms with E-state index < -0.39 is 51.8 Å². The zero-order chi connectivity index (χ0) is 28.2. The Labute approximate surface area is 225 Å². The number of rotatable bonds is 8. The highest BCUT2D eigenvalue weighted by atomic mass is 32.2. The van der Waals surface area contributed by atoms with E-state index in [9.17, 15) is 36.7 Å². The molecule has 1 aliphatic heterocycles. The molecule has 0 aromatic heterocycles. The maximum atomic E-state index is 13.7. The Hall–Kier alpha value is -3.58. The number of hydrogen-bond donors (Lipinski definition) is 3. The molecule has 4 rings (SSSR count). The minimum Gasteiger partial charge on any atom is -0.481 e. The van der Waals surface area contributed by atoms with Crippen molar-refractivity contribution >= 4 is 33.6 Å². The van der Waals surface area contributed by atoms with Crippen LogP contribution in [-0.4, -0.2) is 65.9 Å². The van der Waals surface area contributed by atoms with Gasteiger partial charge in [-0.2, -0.15) is 4.31 Å². The van der Waals surface area contributed by atoms with Gasteiger partial charge in [-0.05, 0) is 61.2 Å². The Morgan fingerprint density at radius 1 is 0.974 bits per heavy atom. The van der Waals surface area contributed by atoms with E-state index in [2.05, 4.69) is 10.6 Å². The third-order valence-corrected chi connectivity index (χ3v) is 8.93. The molecule has 10 nitrogen and oxygen atoms in total. The Kier molecular flexibility index (Phi) is 8.80. The molecular formula is C26H30F2N4O6S. The fourth-order valence-electron chi connectivity index (χ4n) is 5.16. The highest BCUT2D eigenvalue weighted by molar-refractivity contribution is 7.89. The van der Waals surface area contributed by atoms with Crippen molar-refractivity contribution in [3.63, 3.8) is 0 Å². The van der Waals surface area contributed by atoms with E-state index >= 15 is 0 Å². The second-order valence-corrected chi connectivity index (χ2v) is 11.6. The Morgan fingerprint density at radius 3 is 2.31 bits per heavy atom. The van der Waals surface area contributed by atoms with Crippen LogP contribution >= 0.6 is 0 Å². The first-order chi connectivity index (χ1) is 18.6. The lowest BCUT2D eigenvalue weighted by molar-refractivity contribution is -0.138. The molecule has 3 N–H and O–H groups in total. The van der Waals surface area contributed by atoms with E-state index in [-0.39, 0.29) is 36.0 Å². The van der Waals surface area contributed by atoms with Gasteiger partial charge in [-0.15, -0.1) is 0 Å². The summed E-state index contributed by atoms with van der Waals surface area (Å²) < 4.78 is 55.0. The molecule has 3 amide bonds. The third kappa shape index (κ3) is 6.71. The number of amides is 3. The maximum absolute atomic E-state index is 13.7. The molecule has 1 aliphatic carbocycles. The minimum absolute atomic E-state index is 0.102. The molecular weight excluding hydrogens is 534 g/mol. The zero-order valence-corrected chi connectivity index (χ0v) is 21.9. The lowest BCUT2D eigenvalue weighted by Crippen LogP contribution is -2.57. The third-order valence-electron chi connectivity index (χ3n) is 7.06. The van der Waals surface area contributed by atoms with Gasteiger partial charge in [-0.1, -0.05) is 25.3 Å². The van der Waals surface area contributed by atoms with Gasteiger partial charge in [-0.25, -0.2) is 22.0 Å². The predicted octanol–water partition coefficient (Wildman–Crippen LogP) is 3.37. The quantitative estimate of drug-likeness (QED) is 0.450. The molecule has 2 aromatic carbocycles. The summed E-state index contributed by atoms with van der Waals surface area (Å²) in [7, 11) is -4.37. The van der Waals surface area contributed by atoms with E-state index in [0.717, 1.165) is 58.8 Å². The summed E-state index contributed by atoms with van der Waals surface area (Å²) in [6.45, 7) is -0.423. The standard InChI is InChI=1S/C26H30F2N4O6S/c27-18-9-11-21(12-10-18)39(37,38)32-14-13-31(26(36)29-20-8-4-7-19(28)15-20)25(32)24(35)30-22(16-23(33)34)17-5-2-1-3-6-17/h4,7-12,15,17,22,25H,1-3,5-6,13-14,16H2,(H,29,36)(H,30,35)(H,33,34). The number of aliphatic carboxylic acids is 1. The molecule has 13 heteroatoms. The van der Waals surface area contributed by atoms with Crippen LogP contribution in [0.25, 0.3) is 0 Å². The van der Waals surface area contributed by atoms with Gasteiger partial charge >= 0.3 is 12.0 Å². The number of carbonyl (C=O) groups excluding carboxylic acids is 2. The number of nitrogens with zero attached hydrogens (tertiary/aromatic N) is 2. The summed E-state index contributed by atoms with van der Waals surface area (Å²) in [4.78, 5) is 39.2. The molecule has 2 aromatic rings. The lowest BCUT2D eigenvalue weighted by Gasteiger charge is -2.34. The topological polar surface area (TPSA) is 136 Å². The summed E-state index contributed by atoms with van der Waals surface area (Å²) in [5, 5.41) is 14.7. The van der Waals surface area contributed by atoms with Gasteiger partial charge in [0.2, 0.25) is 10.0 Å². The van der Waals surface area contributed by atoms with Crippen molar-refractivity contribution in [1.82, 2.24) is 14.5 Å². The van der Waals surface area contributed by atoms with Crippen molar-refractivity contribution < 1.29 is 36.7 Å². The summed E-state index contributed by atoms with van der Waals surface area (Å²) in [5.74, 6) is -3.34. The maximum Gasteiger partial charge on any atom is 0.323 e. The Balaban J connectivity index is 1.65. The zero-order valence-electron chi connectivity index (χ0n) is 21.1. The van der Waals surface area contributed by atoms with Gasteiger partial charge in [-0.3, -0.25) is 14.5 Å². The van der Waals surface area contributed by atoms with Crippen LogP contribution in [0.2, 0.25) is 0 Å². The van der Waals surface area contributed by atoms with Gasteiger partial charge in [0.15, 0.2) is 6.17 Å². The number of carboxylic acids is 1. The Bertz CT molecular complexity index is 1320. The van der Waals surface area contributed by atoms with Gasteiger partial charge in [0.05, 0.1) is 11.3 Å². The number of benzene rings is 2. The largest absolute Gasteiger partial charge is 0.481 e. The highest BCUT2D eigenvalue weighted by Gasteiger charge is 2.47. The highest BCUT2D eigenvalue weighted by Crippen LogP contribution is 2.30. The summed E-state index contributed by atoms with van der Waals surface area (Å²) in [5.41, 5.74) is 0.102. The van der Waals surface area contributed by atoms with Crippen LogP contribution in [0.5, 0.6) is 0 Å².